The molecule has 1 aromatic heterocycles. The molecule has 2 aliphatic rings. The van der Waals surface area contributed by atoms with E-state index in [0.717, 1.165) is 43.0 Å². The minimum atomic E-state index is -0.893. The molecule has 0 unspecified atom stereocenters. The van der Waals surface area contributed by atoms with E-state index in [9.17, 15) is 18.0 Å². The highest BCUT2D eigenvalue weighted by molar-refractivity contribution is 6.02. The molecule has 2 aromatic carbocycles. The quantitative estimate of drug-likeness (QED) is 0.562. The van der Waals surface area contributed by atoms with Gasteiger partial charge in [0, 0.05) is 17.2 Å². The van der Waals surface area contributed by atoms with Crippen molar-refractivity contribution in [2.75, 3.05) is 30.4 Å². The lowest BCUT2D eigenvalue weighted by Crippen LogP contribution is -2.43. The second-order valence-corrected chi connectivity index (χ2v) is 8.94. The fourth-order valence-corrected chi connectivity index (χ4v) is 4.58. The zero-order valence-electron chi connectivity index (χ0n) is 19.4. The molecule has 0 saturated carbocycles. The van der Waals surface area contributed by atoms with Crippen molar-refractivity contribution >= 4 is 23.5 Å². The topological polar surface area (TPSA) is 73.4 Å². The summed E-state index contributed by atoms with van der Waals surface area (Å²) in [7, 11) is 2.06. The van der Waals surface area contributed by atoms with Crippen LogP contribution in [0.3, 0.4) is 0 Å². The van der Waals surface area contributed by atoms with E-state index in [1.165, 1.54) is 18.2 Å². The first-order valence-electron chi connectivity index (χ1n) is 11.5. The van der Waals surface area contributed by atoms with Gasteiger partial charge in [0.25, 0.3) is 0 Å². The van der Waals surface area contributed by atoms with Crippen molar-refractivity contribution in [3.63, 3.8) is 0 Å². The van der Waals surface area contributed by atoms with E-state index >= 15 is 0 Å². The lowest BCUT2D eigenvalue weighted by molar-refractivity contribution is 0.246. The predicted molar refractivity (Wildman–Crippen MR) is 127 cm³/mol. The number of anilines is 3. The standard InChI is InChI=1S/C25H25F3N6O/c1-14-12-15(26)6-7-17(14)21-18-13-29-25(35)34(22-19(27)4-3-5-20(22)28)23(18)32-24(31-21)30-16-8-10-33(2)11-9-16/h3-7,12,16H,8-11,13H2,1-2H3,(H,29,35)(H,30,31,32). The van der Waals surface area contributed by atoms with Crippen LogP contribution in [0.4, 0.5) is 35.4 Å². The number of benzene rings is 2. The molecule has 0 bridgehead atoms. The molecule has 0 atom stereocenters. The maximum atomic E-state index is 14.8. The Hall–Kier alpha value is -3.66. The van der Waals surface area contributed by atoms with Crippen LogP contribution in [0.5, 0.6) is 0 Å². The van der Waals surface area contributed by atoms with Gasteiger partial charge in [-0.25, -0.2) is 27.8 Å². The number of amides is 2. The molecule has 35 heavy (non-hydrogen) atoms. The number of carbonyl (C=O) groups is 1. The van der Waals surface area contributed by atoms with E-state index in [1.54, 1.807) is 13.0 Å². The van der Waals surface area contributed by atoms with Gasteiger partial charge in [0.2, 0.25) is 5.95 Å². The highest BCUT2D eigenvalue weighted by Gasteiger charge is 2.34. The Morgan fingerprint density at radius 3 is 2.46 bits per heavy atom. The molecular weight excluding hydrogens is 457 g/mol. The third-order valence-corrected chi connectivity index (χ3v) is 6.47. The number of nitrogens with one attached hydrogen (secondary N) is 2. The number of piperidine rings is 1. The van der Waals surface area contributed by atoms with Gasteiger partial charge in [0.05, 0.1) is 12.2 Å². The van der Waals surface area contributed by atoms with Gasteiger partial charge >= 0.3 is 6.03 Å². The van der Waals surface area contributed by atoms with E-state index in [0.29, 0.717) is 22.4 Å². The van der Waals surface area contributed by atoms with Crippen molar-refractivity contribution in [2.24, 2.45) is 0 Å². The third-order valence-electron chi connectivity index (χ3n) is 6.47. The summed E-state index contributed by atoms with van der Waals surface area (Å²) in [6.45, 7) is 3.62. The van der Waals surface area contributed by atoms with E-state index in [1.807, 2.05) is 0 Å². The summed E-state index contributed by atoms with van der Waals surface area (Å²) >= 11 is 0. The monoisotopic (exact) mass is 482 g/mol. The number of hydrogen-bond acceptors (Lipinski definition) is 5. The number of urea groups is 1. The molecule has 3 heterocycles. The number of fused-ring (bicyclic) bond motifs is 1. The van der Waals surface area contributed by atoms with E-state index in [4.69, 9.17) is 4.98 Å². The largest absolute Gasteiger partial charge is 0.351 e. The van der Waals surface area contributed by atoms with Crippen molar-refractivity contribution in [1.29, 1.82) is 0 Å². The predicted octanol–water partition coefficient (Wildman–Crippen LogP) is 4.74. The van der Waals surface area contributed by atoms with Crippen molar-refractivity contribution in [2.45, 2.75) is 32.4 Å². The molecule has 1 saturated heterocycles. The first-order chi connectivity index (χ1) is 16.8. The van der Waals surface area contributed by atoms with E-state index in [-0.39, 0.29) is 30.2 Å². The smallest absolute Gasteiger partial charge is 0.328 e. The van der Waals surface area contributed by atoms with Crippen LogP contribution in [0, 0.1) is 24.4 Å². The number of nitrogens with zero attached hydrogens (tertiary/aromatic N) is 4. The van der Waals surface area contributed by atoms with Gasteiger partial charge in [0.15, 0.2) is 5.82 Å². The highest BCUT2D eigenvalue weighted by atomic mass is 19.1. The van der Waals surface area contributed by atoms with Gasteiger partial charge in [-0.05, 0) is 75.8 Å². The van der Waals surface area contributed by atoms with Crippen LogP contribution in [0.2, 0.25) is 0 Å². The minimum Gasteiger partial charge on any atom is -0.351 e. The van der Waals surface area contributed by atoms with Crippen LogP contribution in [0.1, 0.15) is 24.0 Å². The Morgan fingerprint density at radius 2 is 1.77 bits per heavy atom. The summed E-state index contributed by atoms with van der Waals surface area (Å²) in [5.74, 6) is -1.84. The Balaban J connectivity index is 1.68. The molecule has 10 heteroatoms. The molecule has 2 amide bonds. The zero-order valence-corrected chi connectivity index (χ0v) is 19.4. The number of rotatable bonds is 4. The molecule has 7 nitrogen and oxygen atoms in total. The highest BCUT2D eigenvalue weighted by Crippen LogP contribution is 2.39. The molecule has 182 valence electrons. The average Bonchev–Trinajstić information content (AvgIpc) is 2.81. The number of para-hydroxylation sites is 1. The molecular formula is C25H25F3N6O. The molecule has 3 aromatic rings. The summed E-state index contributed by atoms with van der Waals surface area (Å²) in [5, 5.41) is 6.00. The average molecular weight is 483 g/mol. The molecule has 5 rings (SSSR count). The number of aromatic nitrogens is 2. The Bertz CT molecular complexity index is 1270. The van der Waals surface area contributed by atoms with Crippen molar-refractivity contribution in [3.8, 4) is 11.3 Å². The first-order valence-corrected chi connectivity index (χ1v) is 11.5. The van der Waals surface area contributed by atoms with Gasteiger partial charge in [-0.15, -0.1) is 0 Å². The minimum absolute atomic E-state index is 0.0569. The molecule has 0 radical (unpaired) electrons. The number of halogens is 3. The second-order valence-electron chi connectivity index (χ2n) is 8.94. The Kier molecular flexibility index (Phi) is 6.06. The summed E-state index contributed by atoms with van der Waals surface area (Å²) < 4.78 is 43.4. The van der Waals surface area contributed by atoms with Crippen LogP contribution in [0.25, 0.3) is 11.3 Å². The van der Waals surface area contributed by atoms with Crippen LogP contribution in [-0.2, 0) is 6.54 Å². The lowest BCUT2D eigenvalue weighted by Gasteiger charge is -2.32. The summed E-state index contributed by atoms with van der Waals surface area (Å²) in [5.41, 5.74) is 1.70. The van der Waals surface area contributed by atoms with Crippen LogP contribution >= 0.6 is 0 Å². The van der Waals surface area contributed by atoms with E-state index < -0.39 is 23.4 Å². The van der Waals surface area contributed by atoms with Gasteiger partial charge in [-0.2, -0.15) is 4.98 Å². The van der Waals surface area contributed by atoms with Crippen LogP contribution in [-0.4, -0.2) is 47.1 Å². The van der Waals surface area contributed by atoms with Gasteiger partial charge in [0.1, 0.15) is 23.1 Å². The van der Waals surface area contributed by atoms with Crippen molar-refractivity contribution < 1.29 is 18.0 Å². The number of likely N-dealkylation sites (tertiary alicyclic amines) is 1. The van der Waals surface area contributed by atoms with Gasteiger partial charge in [-0.1, -0.05) is 6.07 Å². The van der Waals surface area contributed by atoms with Crippen LogP contribution < -0.4 is 15.5 Å². The molecule has 2 aliphatic heterocycles. The summed E-state index contributed by atoms with van der Waals surface area (Å²) in [6.07, 6.45) is 1.74. The van der Waals surface area contributed by atoms with Crippen molar-refractivity contribution in [3.05, 3.63) is 65.0 Å². The zero-order chi connectivity index (χ0) is 24.7. The normalized spacial score (nSPS) is 16.7. The molecule has 1 fully saturated rings. The van der Waals surface area contributed by atoms with Gasteiger partial charge in [-0.3, -0.25) is 0 Å². The molecule has 0 aliphatic carbocycles. The molecule has 0 spiro atoms. The number of aryl methyl sites for hydroxylation is 1. The summed E-state index contributed by atoms with van der Waals surface area (Å²) in [4.78, 5) is 25.3. The van der Waals surface area contributed by atoms with Gasteiger partial charge < -0.3 is 15.5 Å². The molecule has 2 N–H and O–H groups in total. The van der Waals surface area contributed by atoms with E-state index in [2.05, 4.69) is 27.6 Å². The fourth-order valence-electron chi connectivity index (χ4n) is 4.58. The SMILES string of the molecule is Cc1cc(F)ccc1-c1nc(NC2CCN(C)CC2)nc2c1CNC(=O)N2c1c(F)cccc1F. The maximum absolute atomic E-state index is 14.8. The number of carbonyl (C=O) groups excluding carboxylic acids is 1. The first kappa shape index (κ1) is 23.1. The Morgan fingerprint density at radius 1 is 1.06 bits per heavy atom. The van der Waals surface area contributed by atoms with Crippen molar-refractivity contribution in [1.82, 2.24) is 20.2 Å². The number of hydrogen-bond donors (Lipinski definition) is 2. The third kappa shape index (κ3) is 4.41. The maximum Gasteiger partial charge on any atom is 0.328 e. The summed E-state index contributed by atoms with van der Waals surface area (Å²) in [6, 6.07) is 7.14. The Labute approximate surface area is 201 Å². The second kappa shape index (κ2) is 9.18. The fraction of sp³-hybridized carbons (Fsp3) is 0.320. The lowest BCUT2D eigenvalue weighted by atomic mass is 10.00. The van der Waals surface area contributed by atoms with Crippen LogP contribution in [0.15, 0.2) is 36.4 Å².